The third-order valence-electron chi connectivity index (χ3n) is 1.77. The molecule has 0 N–H and O–H groups in total. The van der Waals surface area contributed by atoms with Gasteiger partial charge in [0.15, 0.2) is 0 Å². The maximum Gasteiger partial charge on any atom is 0.0963 e. The number of aromatic nitrogens is 1. The van der Waals surface area contributed by atoms with E-state index in [1.807, 2.05) is 19.1 Å². The second-order valence-electron chi connectivity index (χ2n) is 3.29. The van der Waals surface area contributed by atoms with Gasteiger partial charge in [0.1, 0.15) is 0 Å². The van der Waals surface area contributed by atoms with Gasteiger partial charge in [0.05, 0.1) is 10.7 Å². The number of halogens is 2. The van der Waals surface area contributed by atoms with Gasteiger partial charge in [-0.2, -0.15) is 0 Å². The predicted molar refractivity (Wildman–Crippen MR) is 67.3 cm³/mol. The van der Waals surface area contributed by atoms with Crippen LogP contribution in [0, 0.1) is 12.8 Å². The van der Waals surface area contributed by atoms with Gasteiger partial charge >= 0.3 is 0 Å². The van der Waals surface area contributed by atoms with Crippen LogP contribution in [0.2, 0.25) is 0 Å². The van der Waals surface area contributed by atoms with E-state index in [9.17, 15) is 0 Å². The highest BCUT2D eigenvalue weighted by atomic mass is 79.9. The number of rotatable bonds is 4. The summed E-state index contributed by atoms with van der Waals surface area (Å²) in [5, 5.41) is 1.07. The van der Waals surface area contributed by atoms with Crippen molar-refractivity contribution in [3.8, 4) is 0 Å². The fraction of sp³-hybridized carbons (Fsp3) is 0.500. The van der Waals surface area contributed by atoms with E-state index in [4.69, 9.17) is 11.6 Å². The molecule has 1 aromatic heterocycles. The van der Waals surface area contributed by atoms with Crippen molar-refractivity contribution in [3.63, 3.8) is 0 Å². The standard InChI is InChI=1S/C10H13BrClNS/c1-7(5-12)6-14-10-4-3-9(11)8(2)13-10/h3-4,7H,5-6H2,1-2H3. The molecule has 4 heteroatoms. The third-order valence-corrected chi connectivity index (χ3v) is 4.40. The smallest absolute Gasteiger partial charge is 0.0963 e. The van der Waals surface area contributed by atoms with Crippen molar-refractivity contribution in [2.45, 2.75) is 18.9 Å². The molecule has 0 aromatic carbocycles. The Morgan fingerprint density at radius 3 is 2.86 bits per heavy atom. The zero-order valence-corrected chi connectivity index (χ0v) is 11.4. The summed E-state index contributed by atoms with van der Waals surface area (Å²) in [4.78, 5) is 4.45. The summed E-state index contributed by atoms with van der Waals surface area (Å²) in [6.07, 6.45) is 0. The van der Waals surface area contributed by atoms with Gasteiger partial charge in [0.2, 0.25) is 0 Å². The maximum atomic E-state index is 5.73. The monoisotopic (exact) mass is 293 g/mol. The molecule has 0 radical (unpaired) electrons. The Hall–Kier alpha value is 0.270. The first-order valence-electron chi connectivity index (χ1n) is 4.45. The van der Waals surface area contributed by atoms with Crippen molar-refractivity contribution in [2.75, 3.05) is 11.6 Å². The highest BCUT2D eigenvalue weighted by molar-refractivity contribution is 9.10. The van der Waals surface area contributed by atoms with Gasteiger partial charge in [-0.3, -0.25) is 0 Å². The highest BCUT2D eigenvalue weighted by Gasteiger charge is 2.03. The molecule has 0 bridgehead atoms. The zero-order chi connectivity index (χ0) is 10.6. The van der Waals surface area contributed by atoms with Crippen molar-refractivity contribution in [1.29, 1.82) is 0 Å². The fourth-order valence-corrected chi connectivity index (χ4v) is 2.27. The minimum absolute atomic E-state index is 0.535. The van der Waals surface area contributed by atoms with Crippen molar-refractivity contribution in [2.24, 2.45) is 5.92 Å². The molecule has 0 spiro atoms. The lowest BCUT2D eigenvalue weighted by Crippen LogP contribution is -1.99. The number of pyridine rings is 1. The molecular formula is C10H13BrClNS. The molecule has 0 saturated heterocycles. The van der Waals surface area contributed by atoms with Crippen molar-refractivity contribution in [1.82, 2.24) is 4.98 Å². The minimum Gasteiger partial charge on any atom is -0.246 e. The van der Waals surface area contributed by atoms with Crippen LogP contribution < -0.4 is 0 Å². The lowest BCUT2D eigenvalue weighted by atomic mass is 10.3. The van der Waals surface area contributed by atoms with E-state index in [0.717, 1.165) is 20.9 Å². The summed E-state index contributed by atoms with van der Waals surface area (Å²) < 4.78 is 1.06. The summed E-state index contributed by atoms with van der Waals surface area (Å²) in [5.41, 5.74) is 1.04. The quantitative estimate of drug-likeness (QED) is 0.612. The Labute approximate surface area is 103 Å². The summed E-state index contributed by atoms with van der Waals surface area (Å²) in [6, 6.07) is 4.07. The van der Waals surface area contributed by atoms with Gasteiger partial charge < -0.3 is 0 Å². The SMILES string of the molecule is Cc1nc(SCC(C)CCl)ccc1Br. The van der Waals surface area contributed by atoms with Crippen LogP contribution in [0.15, 0.2) is 21.6 Å². The van der Waals surface area contributed by atoms with Crippen LogP contribution in [-0.2, 0) is 0 Å². The molecule has 1 nitrogen and oxygen atoms in total. The zero-order valence-electron chi connectivity index (χ0n) is 8.26. The molecule has 0 aliphatic carbocycles. The van der Waals surface area contributed by atoms with Crippen LogP contribution in [0.3, 0.4) is 0 Å². The molecule has 0 aliphatic heterocycles. The molecule has 1 unspecified atom stereocenters. The Kier molecular flexibility index (Phi) is 5.28. The largest absolute Gasteiger partial charge is 0.246 e. The van der Waals surface area contributed by atoms with Crippen LogP contribution in [0.1, 0.15) is 12.6 Å². The van der Waals surface area contributed by atoms with Gasteiger partial charge in [-0.15, -0.1) is 23.4 Å². The minimum atomic E-state index is 0.535. The van der Waals surface area contributed by atoms with Crippen LogP contribution >= 0.6 is 39.3 Å². The lowest BCUT2D eigenvalue weighted by Gasteiger charge is -2.06. The van der Waals surface area contributed by atoms with Crippen molar-refractivity contribution >= 4 is 39.3 Å². The normalized spacial score (nSPS) is 12.9. The van der Waals surface area contributed by atoms with E-state index in [2.05, 4.69) is 27.8 Å². The molecule has 0 amide bonds. The summed E-state index contributed by atoms with van der Waals surface area (Å²) in [5.74, 6) is 2.27. The van der Waals surface area contributed by atoms with E-state index in [-0.39, 0.29) is 0 Å². The Balaban J connectivity index is 2.55. The van der Waals surface area contributed by atoms with Gasteiger partial charge in [0, 0.05) is 16.1 Å². The summed E-state index contributed by atoms with van der Waals surface area (Å²) in [7, 11) is 0. The number of hydrogen-bond donors (Lipinski definition) is 0. The first kappa shape index (κ1) is 12.3. The van der Waals surface area contributed by atoms with E-state index in [1.165, 1.54) is 0 Å². The molecule has 1 atom stereocenters. The Morgan fingerprint density at radius 1 is 1.57 bits per heavy atom. The first-order chi connectivity index (χ1) is 6.63. The Bertz CT molecular complexity index is 306. The van der Waals surface area contributed by atoms with Gasteiger partial charge in [-0.1, -0.05) is 6.92 Å². The first-order valence-corrected chi connectivity index (χ1v) is 6.76. The fourth-order valence-electron chi connectivity index (χ4n) is 0.874. The topological polar surface area (TPSA) is 12.9 Å². The third kappa shape index (κ3) is 3.79. The van der Waals surface area contributed by atoms with Crippen molar-refractivity contribution in [3.05, 3.63) is 22.3 Å². The average Bonchev–Trinajstić information content (AvgIpc) is 2.19. The molecule has 1 rings (SSSR count). The number of nitrogens with zero attached hydrogens (tertiary/aromatic N) is 1. The molecule has 0 aliphatic rings. The number of hydrogen-bond acceptors (Lipinski definition) is 2. The van der Waals surface area contributed by atoms with Crippen LogP contribution in [-0.4, -0.2) is 16.6 Å². The highest BCUT2D eigenvalue weighted by Crippen LogP contribution is 2.22. The summed E-state index contributed by atoms with van der Waals surface area (Å²) in [6.45, 7) is 4.14. The lowest BCUT2D eigenvalue weighted by molar-refractivity contribution is 0.758. The molecular weight excluding hydrogens is 282 g/mol. The van der Waals surface area contributed by atoms with E-state index in [0.29, 0.717) is 11.8 Å². The number of thioether (sulfide) groups is 1. The van der Waals surface area contributed by atoms with Crippen LogP contribution in [0.5, 0.6) is 0 Å². The maximum absolute atomic E-state index is 5.73. The second-order valence-corrected chi connectivity index (χ2v) is 5.49. The van der Waals surface area contributed by atoms with Crippen LogP contribution in [0.25, 0.3) is 0 Å². The molecule has 1 aromatic rings. The molecule has 0 fully saturated rings. The predicted octanol–water partition coefficient (Wildman–Crippen LogP) is 4.12. The molecule has 1 heterocycles. The average molecular weight is 295 g/mol. The number of alkyl halides is 1. The van der Waals surface area contributed by atoms with Gasteiger partial charge in [-0.05, 0) is 40.9 Å². The number of aryl methyl sites for hydroxylation is 1. The van der Waals surface area contributed by atoms with Crippen molar-refractivity contribution < 1.29 is 0 Å². The van der Waals surface area contributed by atoms with E-state index in [1.54, 1.807) is 11.8 Å². The molecule has 78 valence electrons. The van der Waals surface area contributed by atoms with Gasteiger partial charge in [0.25, 0.3) is 0 Å². The van der Waals surface area contributed by atoms with Gasteiger partial charge in [-0.25, -0.2) is 4.98 Å². The Morgan fingerprint density at radius 2 is 2.29 bits per heavy atom. The molecule has 0 saturated carbocycles. The van der Waals surface area contributed by atoms with E-state index < -0.39 is 0 Å². The molecule has 14 heavy (non-hydrogen) atoms. The summed E-state index contributed by atoms with van der Waals surface area (Å²) >= 11 is 10.9. The van der Waals surface area contributed by atoms with Crippen LogP contribution in [0.4, 0.5) is 0 Å². The van der Waals surface area contributed by atoms with E-state index >= 15 is 0 Å². The second kappa shape index (κ2) is 5.99.